The molecule has 0 bridgehead atoms. The van der Waals surface area contributed by atoms with Crippen LogP contribution in [-0.4, -0.2) is 21.2 Å². The lowest BCUT2D eigenvalue weighted by atomic mass is 10.1. The van der Waals surface area contributed by atoms with Gasteiger partial charge in [-0.05, 0) is 23.4 Å². The highest BCUT2D eigenvalue weighted by atomic mass is 16.5. The van der Waals surface area contributed by atoms with Gasteiger partial charge in [-0.1, -0.05) is 6.07 Å². The van der Waals surface area contributed by atoms with Crippen LogP contribution in [0.15, 0.2) is 28.8 Å². The number of nitrogens with zero attached hydrogens (tertiary/aromatic N) is 3. The molecule has 0 aliphatic carbocycles. The molecule has 2 rings (SSSR count). The summed E-state index contributed by atoms with van der Waals surface area (Å²) >= 11 is 0. The maximum Gasteiger partial charge on any atom is 0.377 e. The normalized spacial score (nSPS) is 9.69. The van der Waals surface area contributed by atoms with Crippen LogP contribution < -0.4 is 0 Å². The molecule has 1 aromatic heterocycles. The quantitative estimate of drug-likeness (QED) is 0.810. The van der Waals surface area contributed by atoms with Crippen LogP contribution in [0, 0.1) is 11.3 Å². The molecule has 0 aliphatic rings. The molecule has 1 heterocycles. The number of carboxylic acid groups (broad SMARTS) is 1. The van der Waals surface area contributed by atoms with Crippen molar-refractivity contribution >= 4 is 5.97 Å². The van der Waals surface area contributed by atoms with Crippen molar-refractivity contribution in [3.05, 3.63) is 35.7 Å². The molecule has 1 N–H and O–H groups in total. The Hall–Kier alpha value is -2.68. The van der Waals surface area contributed by atoms with E-state index in [0.29, 0.717) is 11.1 Å². The Morgan fingerprint density at radius 1 is 1.50 bits per heavy atom. The van der Waals surface area contributed by atoms with Crippen molar-refractivity contribution in [3.8, 4) is 17.5 Å². The van der Waals surface area contributed by atoms with Crippen LogP contribution in [-0.2, 0) is 0 Å². The second kappa shape index (κ2) is 3.82. The van der Waals surface area contributed by atoms with Crippen LogP contribution in [0.25, 0.3) is 11.5 Å². The molecule has 0 aliphatic heterocycles. The van der Waals surface area contributed by atoms with E-state index in [4.69, 9.17) is 14.9 Å². The lowest BCUT2D eigenvalue weighted by Crippen LogP contribution is -1.98. The molecule has 16 heavy (non-hydrogen) atoms. The summed E-state index contributed by atoms with van der Waals surface area (Å²) in [6.07, 6.45) is 0. The van der Waals surface area contributed by atoms with E-state index < -0.39 is 11.8 Å². The van der Waals surface area contributed by atoms with Gasteiger partial charge in [0.2, 0.25) is 0 Å². The smallest absolute Gasteiger partial charge is 0.377 e. The van der Waals surface area contributed by atoms with Gasteiger partial charge in [0, 0.05) is 5.56 Å². The molecule has 0 unspecified atom stereocenters. The number of aromatic nitrogens is 2. The number of benzene rings is 1. The minimum Gasteiger partial charge on any atom is -0.475 e. The van der Waals surface area contributed by atoms with Gasteiger partial charge in [0.15, 0.2) is 0 Å². The molecule has 0 amide bonds. The minimum atomic E-state index is -1.26. The van der Waals surface area contributed by atoms with E-state index in [1.54, 1.807) is 24.3 Å². The van der Waals surface area contributed by atoms with Gasteiger partial charge in [0.1, 0.15) is 0 Å². The zero-order valence-corrected chi connectivity index (χ0v) is 7.91. The maximum atomic E-state index is 10.5. The number of carbonyl (C=O) groups is 1. The standard InChI is InChI=1S/C10H5N3O3/c11-5-6-2-1-3-7(4-6)9-12-8(10(14)15)13-16-9/h1-4H,(H,14,15). The number of hydrogen-bond donors (Lipinski definition) is 1. The fourth-order valence-electron chi connectivity index (χ4n) is 1.15. The van der Waals surface area contributed by atoms with Crippen LogP contribution in [0.1, 0.15) is 16.2 Å². The Morgan fingerprint density at radius 2 is 2.31 bits per heavy atom. The van der Waals surface area contributed by atoms with Gasteiger partial charge in [0.25, 0.3) is 11.7 Å². The van der Waals surface area contributed by atoms with E-state index >= 15 is 0 Å². The first-order valence-electron chi connectivity index (χ1n) is 4.28. The molecule has 2 aromatic rings. The third-order valence-corrected chi connectivity index (χ3v) is 1.86. The number of aromatic carboxylic acids is 1. The third-order valence-electron chi connectivity index (χ3n) is 1.86. The van der Waals surface area contributed by atoms with Crippen molar-refractivity contribution in [2.24, 2.45) is 0 Å². The first-order valence-corrected chi connectivity index (χ1v) is 4.28. The summed E-state index contributed by atoms with van der Waals surface area (Å²) in [5.74, 6) is -1.58. The highest BCUT2D eigenvalue weighted by Crippen LogP contribution is 2.17. The molecular weight excluding hydrogens is 210 g/mol. The van der Waals surface area contributed by atoms with E-state index in [1.165, 1.54) is 0 Å². The number of carboxylic acids is 1. The van der Waals surface area contributed by atoms with Crippen molar-refractivity contribution in [1.82, 2.24) is 10.1 Å². The van der Waals surface area contributed by atoms with Gasteiger partial charge in [-0.15, -0.1) is 0 Å². The van der Waals surface area contributed by atoms with Crippen molar-refractivity contribution < 1.29 is 14.4 Å². The van der Waals surface area contributed by atoms with E-state index in [2.05, 4.69) is 10.1 Å². The highest BCUT2D eigenvalue weighted by Gasteiger charge is 2.14. The van der Waals surface area contributed by atoms with Gasteiger partial charge in [-0.2, -0.15) is 10.2 Å². The Bertz CT molecular complexity index is 583. The van der Waals surface area contributed by atoms with E-state index in [0.717, 1.165) is 0 Å². The molecule has 1 aromatic carbocycles. The lowest BCUT2D eigenvalue weighted by Gasteiger charge is -1.93. The first kappa shape index (κ1) is 9.86. The zero-order valence-electron chi connectivity index (χ0n) is 7.91. The molecule has 0 radical (unpaired) electrons. The largest absolute Gasteiger partial charge is 0.475 e. The summed E-state index contributed by atoms with van der Waals surface area (Å²) in [4.78, 5) is 14.2. The van der Waals surface area contributed by atoms with Gasteiger partial charge in [-0.25, -0.2) is 4.79 Å². The molecular formula is C10H5N3O3. The summed E-state index contributed by atoms with van der Waals surface area (Å²) in [7, 11) is 0. The molecule has 0 fully saturated rings. The van der Waals surface area contributed by atoms with Crippen LogP contribution in [0.4, 0.5) is 0 Å². The fraction of sp³-hybridized carbons (Fsp3) is 0. The minimum absolute atomic E-state index is 0.0782. The average molecular weight is 215 g/mol. The number of rotatable bonds is 2. The summed E-state index contributed by atoms with van der Waals surface area (Å²) in [5, 5.41) is 20.6. The Balaban J connectivity index is 2.43. The summed E-state index contributed by atoms with van der Waals surface area (Å²) in [6.45, 7) is 0. The average Bonchev–Trinajstić information content (AvgIpc) is 2.78. The van der Waals surface area contributed by atoms with Crippen LogP contribution in [0.2, 0.25) is 0 Å². The van der Waals surface area contributed by atoms with Gasteiger partial charge in [0.05, 0.1) is 11.6 Å². The second-order valence-corrected chi connectivity index (χ2v) is 2.92. The monoisotopic (exact) mass is 215 g/mol. The van der Waals surface area contributed by atoms with Crippen molar-refractivity contribution in [2.75, 3.05) is 0 Å². The van der Waals surface area contributed by atoms with Crippen LogP contribution in [0.5, 0.6) is 0 Å². The molecule has 0 spiro atoms. The molecule has 0 saturated heterocycles. The van der Waals surface area contributed by atoms with E-state index in [1.807, 2.05) is 6.07 Å². The van der Waals surface area contributed by atoms with Crippen molar-refractivity contribution in [2.45, 2.75) is 0 Å². The van der Waals surface area contributed by atoms with Crippen LogP contribution >= 0.6 is 0 Å². The lowest BCUT2D eigenvalue weighted by molar-refractivity contribution is 0.0680. The van der Waals surface area contributed by atoms with Crippen LogP contribution in [0.3, 0.4) is 0 Å². The predicted octanol–water partition coefficient (Wildman–Crippen LogP) is 1.31. The molecule has 6 nitrogen and oxygen atoms in total. The predicted molar refractivity (Wildman–Crippen MR) is 51.4 cm³/mol. The van der Waals surface area contributed by atoms with Crippen molar-refractivity contribution in [3.63, 3.8) is 0 Å². The van der Waals surface area contributed by atoms with Gasteiger partial charge in [-0.3, -0.25) is 0 Å². The van der Waals surface area contributed by atoms with Gasteiger partial charge < -0.3 is 9.63 Å². The topological polar surface area (TPSA) is 100 Å². The van der Waals surface area contributed by atoms with E-state index in [9.17, 15) is 4.79 Å². The molecule has 78 valence electrons. The number of hydrogen-bond acceptors (Lipinski definition) is 5. The van der Waals surface area contributed by atoms with E-state index in [-0.39, 0.29) is 5.89 Å². The summed E-state index contributed by atoms with van der Waals surface area (Å²) in [5.41, 5.74) is 0.951. The highest BCUT2D eigenvalue weighted by molar-refractivity contribution is 5.83. The maximum absolute atomic E-state index is 10.5. The first-order chi connectivity index (χ1) is 7.70. The number of nitriles is 1. The molecule has 6 heteroatoms. The Morgan fingerprint density at radius 3 is 2.94 bits per heavy atom. The molecule has 0 atom stereocenters. The third kappa shape index (κ3) is 1.74. The van der Waals surface area contributed by atoms with Crippen molar-refractivity contribution in [1.29, 1.82) is 5.26 Å². The molecule has 0 saturated carbocycles. The second-order valence-electron chi connectivity index (χ2n) is 2.92. The SMILES string of the molecule is N#Cc1cccc(-c2nc(C(=O)O)no2)c1. The fourth-order valence-corrected chi connectivity index (χ4v) is 1.15. The Kier molecular flexibility index (Phi) is 2.36. The summed E-state index contributed by atoms with van der Waals surface area (Å²) < 4.78 is 4.76. The van der Waals surface area contributed by atoms with Gasteiger partial charge >= 0.3 is 5.97 Å². The Labute approximate surface area is 89.8 Å². The summed E-state index contributed by atoms with van der Waals surface area (Å²) in [6, 6.07) is 8.43. The zero-order chi connectivity index (χ0) is 11.5.